The van der Waals surface area contributed by atoms with Gasteiger partial charge in [-0.1, -0.05) is 12.1 Å². The van der Waals surface area contributed by atoms with Crippen LogP contribution in [0.4, 0.5) is 9.18 Å². The highest BCUT2D eigenvalue weighted by molar-refractivity contribution is 5.74. The van der Waals surface area contributed by atoms with Crippen molar-refractivity contribution < 1.29 is 19.0 Å². The average Bonchev–Trinajstić information content (AvgIpc) is 2.54. The summed E-state index contributed by atoms with van der Waals surface area (Å²) in [5, 5.41) is 14.5. The SMILES string of the molecule is CC(CO)NC(=O)NCC1(c2ccc(F)cc2)CCOCC1. The number of hydrogen-bond donors (Lipinski definition) is 3. The molecule has 22 heavy (non-hydrogen) atoms. The molecule has 0 aliphatic carbocycles. The summed E-state index contributed by atoms with van der Waals surface area (Å²) in [5.41, 5.74) is 0.763. The maximum Gasteiger partial charge on any atom is 0.315 e. The first kappa shape index (κ1) is 16.7. The van der Waals surface area contributed by atoms with Crippen molar-refractivity contribution in [2.45, 2.75) is 31.2 Å². The van der Waals surface area contributed by atoms with Crippen LogP contribution in [0.1, 0.15) is 25.3 Å². The van der Waals surface area contributed by atoms with Crippen LogP contribution in [0.2, 0.25) is 0 Å². The van der Waals surface area contributed by atoms with Crippen LogP contribution < -0.4 is 10.6 Å². The van der Waals surface area contributed by atoms with Crippen LogP contribution in [0.25, 0.3) is 0 Å². The van der Waals surface area contributed by atoms with E-state index in [1.807, 2.05) is 0 Å². The van der Waals surface area contributed by atoms with E-state index in [2.05, 4.69) is 10.6 Å². The second-order valence-corrected chi connectivity index (χ2v) is 5.81. The molecule has 2 amide bonds. The largest absolute Gasteiger partial charge is 0.394 e. The summed E-state index contributed by atoms with van der Waals surface area (Å²) in [4.78, 5) is 11.9. The first-order valence-corrected chi connectivity index (χ1v) is 7.55. The number of carbonyl (C=O) groups is 1. The van der Waals surface area contributed by atoms with Gasteiger partial charge >= 0.3 is 6.03 Å². The first-order chi connectivity index (χ1) is 10.6. The Morgan fingerprint density at radius 1 is 1.36 bits per heavy atom. The molecule has 1 atom stereocenters. The monoisotopic (exact) mass is 310 g/mol. The van der Waals surface area contributed by atoms with Gasteiger partial charge in [0.05, 0.1) is 12.6 Å². The minimum absolute atomic E-state index is 0.107. The lowest BCUT2D eigenvalue weighted by Gasteiger charge is -2.38. The van der Waals surface area contributed by atoms with Crippen molar-refractivity contribution >= 4 is 6.03 Å². The van der Waals surface area contributed by atoms with Crippen LogP contribution in [-0.4, -0.2) is 43.5 Å². The summed E-state index contributed by atoms with van der Waals surface area (Å²) < 4.78 is 18.6. The van der Waals surface area contributed by atoms with Gasteiger partial charge in [0, 0.05) is 25.2 Å². The quantitative estimate of drug-likeness (QED) is 0.773. The molecule has 1 aliphatic heterocycles. The molecule has 1 saturated heterocycles. The highest BCUT2D eigenvalue weighted by atomic mass is 19.1. The highest BCUT2D eigenvalue weighted by Gasteiger charge is 2.34. The Morgan fingerprint density at radius 2 is 2.00 bits per heavy atom. The van der Waals surface area contributed by atoms with Crippen molar-refractivity contribution in [2.75, 3.05) is 26.4 Å². The van der Waals surface area contributed by atoms with Gasteiger partial charge in [-0.2, -0.15) is 0 Å². The summed E-state index contributed by atoms with van der Waals surface area (Å²) in [7, 11) is 0. The number of aliphatic hydroxyl groups excluding tert-OH is 1. The fourth-order valence-electron chi connectivity index (χ4n) is 2.70. The minimum Gasteiger partial charge on any atom is -0.394 e. The van der Waals surface area contributed by atoms with E-state index in [9.17, 15) is 9.18 Å². The molecular formula is C16H23FN2O3. The van der Waals surface area contributed by atoms with Gasteiger partial charge in [0.1, 0.15) is 5.82 Å². The van der Waals surface area contributed by atoms with E-state index in [4.69, 9.17) is 9.84 Å². The Labute approximate surface area is 129 Å². The molecule has 1 aromatic rings. The molecule has 1 unspecified atom stereocenters. The number of hydrogen-bond acceptors (Lipinski definition) is 3. The average molecular weight is 310 g/mol. The molecule has 1 aliphatic rings. The number of amides is 2. The molecule has 0 saturated carbocycles. The van der Waals surface area contributed by atoms with Crippen LogP contribution in [0.5, 0.6) is 0 Å². The zero-order valence-corrected chi connectivity index (χ0v) is 12.8. The molecular weight excluding hydrogens is 287 g/mol. The fourth-order valence-corrected chi connectivity index (χ4v) is 2.70. The lowest BCUT2D eigenvalue weighted by Crippen LogP contribution is -2.49. The van der Waals surface area contributed by atoms with Crippen LogP contribution >= 0.6 is 0 Å². The van der Waals surface area contributed by atoms with Gasteiger partial charge in [0.2, 0.25) is 0 Å². The normalized spacial score (nSPS) is 18.5. The Balaban J connectivity index is 2.06. The van der Waals surface area contributed by atoms with E-state index in [0.29, 0.717) is 19.8 Å². The Morgan fingerprint density at radius 3 is 2.59 bits per heavy atom. The van der Waals surface area contributed by atoms with Gasteiger partial charge in [0.25, 0.3) is 0 Å². The molecule has 1 heterocycles. The standard InChI is InChI=1S/C16H23FN2O3/c1-12(10-20)19-15(21)18-11-16(6-8-22-9-7-16)13-2-4-14(17)5-3-13/h2-5,12,20H,6-11H2,1H3,(H2,18,19,21). The third-order valence-corrected chi connectivity index (χ3v) is 4.15. The van der Waals surface area contributed by atoms with Crippen molar-refractivity contribution in [1.82, 2.24) is 10.6 Å². The van der Waals surface area contributed by atoms with Crippen LogP contribution in [0.3, 0.4) is 0 Å². The van der Waals surface area contributed by atoms with Crippen molar-refractivity contribution in [3.63, 3.8) is 0 Å². The molecule has 2 rings (SSSR count). The van der Waals surface area contributed by atoms with E-state index in [-0.39, 0.29) is 29.9 Å². The van der Waals surface area contributed by atoms with E-state index >= 15 is 0 Å². The third-order valence-electron chi connectivity index (χ3n) is 4.15. The van der Waals surface area contributed by atoms with Crippen molar-refractivity contribution in [3.05, 3.63) is 35.6 Å². The molecule has 122 valence electrons. The smallest absolute Gasteiger partial charge is 0.315 e. The number of aliphatic hydroxyl groups is 1. The van der Waals surface area contributed by atoms with Crippen molar-refractivity contribution in [1.29, 1.82) is 0 Å². The van der Waals surface area contributed by atoms with E-state index < -0.39 is 0 Å². The minimum atomic E-state index is -0.311. The van der Waals surface area contributed by atoms with E-state index in [1.165, 1.54) is 12.1 Å². The second kappa shape index (κ2) is 7.56. The number of nitrogens with one attached hydrogen (secondary N) is 2. The summed E-state index contributed by atoms with van der Waals surface area (Å²) in [6.07, 6.45) is 1.54. The van der Waals surface area contributed by atoms with Gasteiger partial charge in [-0.05, 0) is 37.5 Å². The summed E-state index contributed by atoms with van der Waals surface area (Å²) in [6.45, 7) is 3.31. The number of urea groups is 1. The number of benzene rings is 1. The van der Waals surface area contributed by atoms with Crippen molar-refractivity contribution in [3.8, 4) is 0 Å². The van der Waals surface area contributed by atoms with Crippen LogP contribution in [0.15, 0.2) is 24.3 Å². The van der Waals surface area contributed by atoms with Gasteiger partial charge in [-0.3, -0.25) is 0 Å². The molecule has 0 radical (unpaired) electrons. The summed E-state index contributed by atoms with van der Waals surface area (Å²) in [6, 6.07) is 5.83. The fraction of sp³-hybridized carbons (Fsp3) is 0.562. The van der Waals surface area contributed by atoms with E-state index in [0.717, 1.165) is 18.4 Å². The number of rotatable bonds is 5. The third kappa shape index (κ3) is 4.18. The maximum absolute atomic E-state index is 13.1. The second-order valence-electron chi connectivity index (χ2n) is 5.81. The number of carbonyl (C=O) groups excluding carboxylic acids is 1. The van der Waals surface area contributed by atoms with Gasteiger partial charge in [-0.15, -0.1) is 0 Å². The predicted molar refractivity (Wildman–Crippen MR) is 81.2 cm³/mol. The Hall–Kier alpha value is -1.66. The molecule has 1 fully saturated rings. The molecule has 6 heteroatoms. The summed E-state index contributed by atoms with van der Waals surface area (Å²) in [5.74, 6) is -0.270. The van der Waals surface area contributed by atoms with Gasteiger partial charge < -0.3 is 20.5 Å². The Kier molecular flexibility index (Phi) is 5.74. The lowest BCUT2D eigenvalue weighted by molar-refractivity contribution is 0.0506. The number of halogens is 1. The van der Waals surface area contributed by atoms with Gasteiger partial charge in [-0.25, -0.2) is 9.18 Å². The van der Waals surface area contributed by atoms with Gasteiger partial charge in [0.15, 0.2) is 0 Å². The topological polar surface area (TPSA) is 70.6 Å². The Bertz CT molecular complexity index is 487. The van der Waals surface area contributed by atoms with Crippen LogP contribution in [0, 0.1) is 5.82 Å². The maximum atomic E-state index is 13.1. The van der Waals surface area contributed by atoms with Crippen LogP contribution in [-0.2, 0) is 10.2 Å². The molecule has 0 bridgehead atoms. The predicted octanol–water partition coefficient (Wildman–Crippen LogP) is 1.55. The lowest BCUT2D eigenvalue weighted by atomic mass is 9.74. The van der Waals surface area contributed by atoms with Crippen molar-refractivity contribution in [2.24, 2.45) is 0 Å². The molecule has 3 N–H and O–H groups in total. The first-order valence-electron chi connectivity index (χ1n) is 7.55. The molecule has 0 spiro atoms. The summed E-state index contributed by atoms with van der Waals surface area (Å²) >= 11 is 0. The zero-order valence-electron chi connectivity index (χ0n) is 12.8. The number of ether oxygens (including phenoxy) is 1. The molecule has 1 aromatic carbocycles. The zero-order chi connectivity index (χ0) is 16.0. The van der Waals surface area contributed by atoms with E-state index in [1.54, 1.807) is 19.1 Å². The highest BCUT2D eigenvalue weighted by Crippen LogP contribution is 2.34. The molecule has 0 aromatic heterocycles. The molecule has 5 nitrogen and oxygen atoms in total.